The molecule has 0 atom stereocenters. The third kappa shape index (κ3) is 5.72. The Bertz CT molecular complexity index is 1350. The van der Waals surface area contributed by atoms with E-state index in [-0.39, 0.29) is 18.1 Å². The molecule has 4 rings (SSSR count). The van der Waals surface area contributed by atoms with Crippen LogP contribution in [0.4, 0.5) is 5.69 Å². The maximum absolute atomic E-state index is 12.4. The predicted octanol–water partition coefficient (Wildman–Crippen LogP) is 3.34. The molecule has 0 unspecified atom stereocenters. The summed E-state index contributed by atoms with van der Waals surface area (Å²) in [5.41, 5.74) is 1.40. The quantitative estimate of drug-likeness (QED) is 0.290. The number of carbonyl (C=O) groups excluding carboxylic acids is 2. The highest BCUT2D eigenvalue weighted by Gasteiger charge is 2.13. The van der Waals surface area contributed by atoms with Gasteiger partial charge in [0.1, 0.15) is 11.6 Å². The highest BCUT2D eigenvalue weighted by atomic mass is 32.1. The monoisotopic (exact) mass is 478 g/mol. The summed E-state index contributed by atoms with van der Waals surface area (Å²) in [5, 5.41) is 7.77. The smallest absolute Gasteiger partial charge is 0.338 e. The van der Waals surface area contributed by atoms with E-state index in [1.165, 1.54) is 21.9 Å². The lowest BCUT2D eigenvalue weighted by Crippen LogP contribution is -2.17. The molecule has 0 saturated heterocycles. The van der Waals surface area contributed by atoms with Gasteiger partial charge in [-0.15, -0.1) is 0 Å². The molecule has 0 spiro atoms. The van der Waals surface area contributed by atoms with Gasteiger partial charge in [-0.3, -0.25) is 9.59 Å². The van der Waals surface area contributed by atoms with Crippen molar-refractivity contribution in [2.75, 3.05) is 18.5 Å². The molecule has 1 N–H and O–H groups in total. The van der Waals surface area contributed by atoms with E-state index >= 15 is 0 Å². The number of hydrogen-bond donors (Lipinski definition) is 1. The average Bonchev–Trinajstić information content (AvgIpc) is 3.27. The topological polar surface area (TPSA) is 112 Å². The van der Waals surface area contributed by atoms with Crippen LogP contribution in [0.5, 0.6) is 0 Å². The SMILES string of the molecule is CCOCCc1nn2c(=O)cc(COC(=O)c3ccc(NC(=O)c4ccccc4)cc3)nc2s1. The highest BCUT2D eigenvalue weighted by molar-refractivity contribution is 7.16. The standard InChI is InChI=1S/C24H22N4O5S/c1-2-32-13-12-20-27-28-21(29)14-19(26-24(28)34-20)15-33-23(31)17-8-10-18(11-9-17)25-22(30)16-6-4-3-5-7-16/h3-11,14H,2,12-13,15H2,1H3,(H,25,30). The van der Waals surface area contributed by atoms with Gasteiger partial charge in [0, 0.05) is 30.3 Å². The van der Waals surface area contributed by atoms with Gasteiger partial charge in [-0.05, 0) is 43.3 Å². The van der Waals surface area contributed by atoms with Crippen molar-refractivity contribution in [1.82, 2.24) is 14.6 Å². The number of aromatic nitrogens is 3. The zero-order chi connectivity index (χ0) is 23.9. The van der Waals surface area contributed by atoms with Crippen molar-refractivity contribution in [3.63, 3.8) is 0 Å². The van der Waals surface area contributed by atoms with Crippen molar-refractivity contribution >= 4 is 33.9 Å². The lowest BCUT2D eigenvalue weighted by molar-refractivity contribution is 0.0467. The molecule has 4 aromatic rings. The zero-order valence-corrected chi connectivity index (χ0v) is 19.2. The molecule has 2 aromatic carbocycles. The lowest BCUT2D eigenvalue weighted by atomic mass is 10.2. The first-order valence-corrected chi connectivity index (χ1v) is 11.4. The van der Waals surface area contributed by atoms with Crippen molar-refractivity contribution in [2.45, 2.75) is 20.0 Å². The molecule has 0 radical (unpaired) electrons. The second-order valence-electron chi connectivity index (χ2n) is 7.20. The van der Waals surface area contributed by atoms with Crippen LogP contribution in [0, 0.1) is 0 Å². The Morgan fingerprint density at radius 3 is 2.56 bits per heavy atom. The summed E-state index contributed by atoms with van der Waals surface area (Å²) in [7, 11) is 0. The summed E-state index contributed by atoms with van der Waals surface area (Å²) in [5.74, 6) is -0.808. The third-order valence-electron chi connectivity index (χ3n) is 4.77. The molecule has 1 amide bonds. The molecule has 10 heteroatoms. The fourth-order valence-electron chi connectivity index (χ4n) is 3.08. The summed E-state index contributed by atoms with van der Waals surface area (Å²) < 4.78 is 11.9. The number of nitrogens with one attached hydrogen (secondary N) is 1. The summed E-state index contributed by atoms with van der Waals surface area (Å²) >= 11 is 1.30. The van der Waals surface area contributed by atoms with Gasteiger partial charge in [0.05, 0.1) is 17.9 Å². The molecule has 0 aliphatic carbocycles. The van der Waals surface area contributed by atoms with Gasteiger partial charge < -0.3 is 14.8 Å². The van der Waals surface area contributed by atoms with Crippen molar-refractivity contribution in [3.05, 3.63) is 92.8 Å². The van der Waals surface area contributed by atoms with E-state index in [0.717, 1.165) is 5.01 Å². The molecule has 34 heavy (non-hydrogen) atoms. The number of benzene rings is 2. The van der Waals surface area contributed by atoms with E-state index in [9.17, 15) is 14.4 Å². The van der Waals surface area contributed by atoms with Gasteiger partial charge in [-0.2, -0.15) is 9.61 Å². The van der Waals surface area contributed by atoms with Crippen LogP contribution in [0.1, 0.15) is 38.3 Å². The number of fused-ring (bicyclic) bond motifs is 1. The minimum Gasteiger partial charge on any atom is -0.456 e. The first kappa shape index (κ1) is 23.3. The summed E-state index contributed by atoms with van der Waals surface area (Å²) in [6.07, 6.45) is 0.591. The van der Waals surface area contributed by atoms with Crippen molar-refractivity contribution in [1.29, 1.82) is 0 Å². The largest absolute Gasteiger partial charge is 0.456 e. The molecule has 9 nitrogen and oxygen atoms in total. The van der Waals surface area contributed by atoms with E-state index in [1.54, 1.807) is 48.5 Å². The molecule has 0 fully saturated rings. The molecule has 0 aliphatic heterocycles. The van der Waals surface area contributed by atoms with Gasteiger partial charge in [0.2, 0.25) is 4.96 Å². The van der Waals surface area contributed by atoms with E-state index in [4.69, 9.17) is 9.47 Å². The second-order valence-corrected chi connectivity index (χ2v) is 8.24. The predicted molar refractivity (Wildman–Crippen MR) is 127 cm³/mol. The fraction of sp³-hybridized carbons (Fsp3) is 0.208. The van der Waals surface area contributed by atoms with Crippen LogP contribution in [0.15, 0.2) is 65.5 Å². The number of carbonyl (C=O) groups is 2. The van der Waals surface area contributed by atoms with Gasteiger partial charge in [-0.1, -0.05) is 29.5 Å². The number of ether oxygens (including phenoxy) is 2. The van der Waals surface area contributed by atoms with E-state index in [1.807, 2.05) is 13.0 Å². The number of amides is 1. The molecule has 2 heterocycles. The molecular formula is C24H22N4O5S. The Morgan fingerprint density at radius 1 is 1.06 bits per heavy atom. The maximum Gasteiger partial charge on any atom is 0.338 e. The average molecular weight is 479 g/mol. The Hall–Kier alpha value is -3.89. The van der Waals surface area contributed by atoms with Crippen LogP contribution in [0.3, 0.4) is 0 Å². The van der Waals surface area contributed by atoms with Crippen LogP contribution in [-0.2, 0) is 22.5 Å². The highest BCUT2D eigenvalue weighted by Crippen LogP contribution is 2.15. The van der Waals surface area contributed by atoms with Crippen LogP contribution >= 0.6 is 11.3 Å². The van der Waals surface area contributed by atoms with E-state index in [0.29, 0.717) is 47.1 Å². The summed E-state index contributed by atoms with van der Waals surface area (Å²) in [6, 6.07) is 16.5. The van der Waals surface area contributed by atoms with Crippen LogP contribution in [-0.4, -0.2) is 39.7 Å². The van der Waals surface area contributed by atoms with Gasteiger partial charge in [-0.25, -0.2) is 9.78 Å². The first-order valence-electron chi connectivity index (χ1n) is 10.6. The molecule has 0 aliphatic rings. The van der Waals surface area contributed by atoms with Gasteiger partial charge in [0.15, 0.2) is 0 Å². The Labute approximate surface area is 199 Å². The molecular weight excluding hydrogens is 456 g/mol. The number of hydrogen-bond acceptors (Lipinski definition) is 8. The first-order chi connectivity index (χ1) is 16.5. The molecule has 174 valence electrons. The number of rotatable bonds is 9. The fourth-order valence-corrected chi connectivity index (χ4v) is 3.98. The number of esters is 1. The van der Waals surface area contributed by atoms with E-state index < -0.39 is 5.97 Å². The molecule has 0 bridgehead atoms. The number of nitrogens with zero attached hydrogens (tertiary/aromatic N) is 3. The normalized spacial score (nSPS) is 10.9. The molecule has 2 aromatic heterocycles. The van der Waals surface area contributed by atoms with E-state index in [2.05, 4.69) is 15.4 Å². The van der Waals surface area contributed by atoms with Gasteiger partial charge >= 0.3 is 5.97 Å². The lowest BCUT2D eigenvalue weighted by Gasteiger charge is -2.07. The summed E-state index contributed by atoms with van der Waals surface area (Å²) in [4.78, 5) is 41.8. The number of anilines is 1. The Balaban J connectivity index is 1.36. The maximum atomic E-state index is 12.4. The molecule has 0 saturated carbocycles. The zero-order valence-electron chi connectivity index (χ0n) is 18.4. The van der Waals surface area contributed by atoms with Crippen molar-refractivity contribution in [2.24, 2.45) is 0 Å². The van der Waals surface area contributed by atoms with Crippen molar-refractivity contribution < 1.29 is 19.1 Å². The van der Waals surface area contributed by atoms with Crippen LogP contribution in [0.2, 0.25) is 0 Å². The van der Waals surface area contributed by atoms with Crippen LogP contribution in [0.25, 0.3) is 4.96 Å². The van der Waals surface area contributed by atoms with Gasteiger partial charge in [0.25, 0.3) is 11.5 Å². The Kier molecular flexibility index (Phi) is 7.41. The minimum absolute atomic E-state index is 0.150. The Morgan fingerprint density at radius 2 is 1.82 bits per heavy atom. The van der Waals surface area contributed by atoms with Crippen LogP contribution < -0.4 is 10.9 Å². The minimum atomic E-state index is -0.565. The van der Waals surface area contributed by atoms with Crippen molar-refractivity contribution in [3.8, 4) is 0 Å². The second kappa shape index (κ2) is 10.8. The third-order valence-corrected chi connectivity index (χ3v) is 5.74. The summed E-state index contributed by atoms with van der Waals surface area (Å²) in [6.45, 7) is 2.90.